The molecule has 92 valence electrons. The first-order valence-corrected chi connectivity index (χ1v) is 5.76. The Labute approximate surface area is 108 Å². The van der Waals surface area contributed by atoms with Crippen molar-refractivity contribution < 1.29 is 9.18 Å². The minimum absolute atomic E-state index is 0.0159. The predicted octanol–water partition coefficient (Wildman–Crippen LogP) is 3.00. The second kappa shape index (κ2) is 4.57. The van der Waals surface area contributed by atoms with Crippen LogP contribution in [0.5, 0.6) is 0 Å². The van der Waals surface area contributed by atoms with Crippen molar-refractivity contribution in [2.24, 2.45) is 0 Å². The number of hydrogen-bond donors (Lipinski definition) is 0. The highest BCUT2D eigenvalue weighted by molar-refractivity contribution is 6.08. The number of rotatable bonds is 2. The third-order valence-corrected chi connectivity index (χ3v) is 2.85. The van der Waals surface area contributed by atoms with Crippen LogP contribution in [0.4, 0.5) is 4.39 Å². The van der Waals surface area contributed by atoms with Gasteiger partial charge in [0.15, 0.2) is 5.82 Å². The van der Waals surface area contributed by atoms with E-state index in [1.165, 1.54) is 12.3 Å². The molecule has 0 spiro atoms. The SMILES string of the molecule is O=C(c1ccc2ccccc2n1)c1ccncc1F. The van der Waals surface area contributed by atoms with E-state index >= 15 is 0 Å². The van der Waals surface area contributed by atoms with Gasteiger partial charge in [-0.3, -0.25) is 9.78 Å². The summed E-state index contributed by atoms with van der Waals surface area (Å²) in [5.41, 5.74) is 0.921. The Morgan fingerprint density at radius 2 is 1.89 bits per heavy atom. The maximum Gasteiger partial charge on any atom is 0.214 e. The molecule has 0 bridgehead atoms. The van der Waals surface area contributed by atoms with Gasteiger partial charge in [0.2, 0.25) is 5.78 Å². The molecule has 3 aromatic rings. The van der Waals surface area contributed by atoms with Gasteiger partial charge in [0.1, 0.15) is 5.69 Å². The van der Waals surface area contributed by atoms with Gasteiger partial charge in [0.05, 0.1) is 17.3 Å². The summed E-state index contributed by atoms with van der Waals surface area (Å²) in [6.45, 7) is 0. The number of fused-ring (bicyclic) bond motifs is 1. The van der Waals surface area contributed by atoms with Crippen LogP contribution in [0.25, 0.3) is 10.9 Å². The number of hydrogen-bond acceptors (Lipinski definition) is 3. The minimum Gasteiger partial charge on any atom is -0.287 e. The number of halogens is 1. The largest absolute Gasteiger partial charge is 0.287 e. The molecule has 2 heterocycles. The molecular formula is C15H9FN2O. The summed E-state index contributed by atoms with van der Waals surface area (Å²) in [4.78, 5) is 20.1. The van der Waals surface area contributed by atoms with Crippen molar-refractivity contribution in [1.82, 2.24) is 9.97 Å². The molecule has 0 saturated heterocycles. The quantitative estimate of drug-likeness (QED) is 0.658. The molecule has 2 aromatic heterocycles. The van der Waals surface area contributed by atoms with Crippen LogP contribution in [0, 0.1) is 5.82 Å². The van der Waals surface area contributed by atoms with Gasteiger partial charge < -0.3 is 0 Å². The summed E-state index contributed by atoms with van der Waals surface area (Å²) < 4.78 is 13.5. The Kier molecular flexibility index (Phi) is 2.76. The van der Waals surface area contributed by atoms with E-state index in [0.29, 0.717) is 5.52 Å². The summed E-state index contributed by atoms with van der Waals surface area (Å²) >= 11 is 0. The van der Waals surface area contributed by atoms with Gasteiger partial charge in [-0.05, 0) is 18.2 Å². The summed E-state index contributed by atoms with van der Waals surface area (Å²) in [6.07, 6.45) is 2.41. The Hall–Kier alpha value is -2.62. The first kappa shape index (κ1) is 11.5. The van der Waals surface area contributed by atoms with E-state index in [2.05, 4.69) is 9.97 Å². The van der Waals surface area contributed by atoms with Crippen LogP contribution in [0.3, 0.4) is 0 Å². The zero-order chi connectivity index (χ0) is 13.2. The van der Waals surface area contributed by atoms with Gasteiger partial charge in [0.25, 0.3) is 0 Å². The number of aromatic nitrogens is 2. The third-order valence-electron chi connectivity index (χ3n) is 2.85. The van der Waals surface area contributed by atoms with Crippen molar-refractivity contribution >= 4 is 16.7 Å². The van der Waals surface area contributed by atoms with Crippen molar-refractivity contribution in [2.45, 2.75) is 0 Å². The van der Waals surface area contributed by atoms with Crippen LogP contribution in [-0.2, 0) is 0 Å². The molecule has 4 heteroatoms. The molecular weight excluding hydrogens is 243 g/mol. The Morgan fingerprint density at radius 3 is 2.74 bits per heavy atom. The molecule has 0 atom stereocenters. The molecule has 0 radical (unpaired) electrons. The van der Waals surface area contributed by atoms with Gasteiger partial charge in [-0.1, -0.05) is 24.3 Å². The second-order valence-corrected chi connectivity index (χ2v) is 4.07. The lowest BCUT2D eigenvalue weighted by atomic mass is 10.1. The maximum atomic E-state index is 13.5. The van der Waals surface area contributed by atoms with Gasteiger partial charge >= 0.3 is 0 Å². The molecule has 0 aliphatic rings. The van der Waals surface area contributed by atoms with Gasteiger partial charge in [0, 0.05) is 11.6 Å². The lowest BCUT2D eigenvalue weighted by Gasteiger charge is -2.03. The van der Waals surface area contributed by atoms with Gasteiger partial charge in [-0.2, -0.15) is 0 Å². The molecule has 0 aliphatic carbocycles. The van der Waals surface area contributed by atoms with Gasteiger partial charge in [-0.15, -0.1) is 0 Å². The average molecular weight is 252 g/mol. The highest BCUT2D eigenvalue weighted by Crippen LogP contribution is 2.15. The van der Waals surface area contributed by atoms with Crippen molar-refractivity contribution in [2.75, 3.05) is 0 Å². The van der Waals surface area contributed by atoms with Crippen LogP contribution in [0.2, 0.25) is 0 Å². The molecule has 3 nitrogen and oxygen atoms in total. The van der Waals surface area contributed by atoms with Gasteiger partial charge in [-0.25, -0.2) is 9.37 Å². The van der Waals surface area contributed by atoms with Crippen LogP contribution in [-0.4, -0.2) is 15.8 Å². The van der Waals surface area contributed by atoms with E-state index in [1.54, 1.807) is 12.1 Å². The van der Waals surface area contributed by atoms with E-state index in [4.69, 9.17) is 0 Å². The van der Waals surface area contributed by atoms with E-state index < -0.39 is 11.6 Å². The lowest BCUT2D eigenvalue weighted by molar-refractivity contribution is 0.103. The highest BCUT2D eigenvalue weighted by atomic mass is 19.1. The van der Waals surface area contributed by atoms with E-state index in [-0.39, 0.29) is 11.3 Å². The number of ketones is 1. The van der Waals surface area contributed by atoms with Crippen molar-refractivity contribution in [3.05, 3.63) is 71.9 Å². The number of nitrogens with zero attached hydrogens (tertiary/aromatic N) is 2. The monoisotopic (exact) mass is 252 g/mol. The van der Waals surface area contributed by atoms with Crippen molar-refractivity contribution in [3.8, 4) is 0 Å². The van der Waals surface area contributed by atoms with E-state index in [9.17, 15) is 9.18 Å². The highest BCUT2D eigenvalue weighted by Gasteiger charge is 2.15. The molecule has 1 aromatic carbocycles. The summed E-state index contributed by atoms with van der Waals surface area (Å²) in [5, 5.41) is 0.939. The zero-order valence-corrected chi connectivity index (χ0v) is 9.88. The minimum atomic E-state index is -0.637. The molecule has 0 saturated carbocycles. The number of carbonyl (C=O) groups excluding carboxylic acids is 1. The summed E-state index contributed by atoms with van der Waals surface area (Å²) in [5.74, 6) is -1.08. The molecule has 0 aliphatic heterocycles. The van der Waals surface area contributed by atoms with Crippen molar-refractivity contribution in [1.29, 1.82) is 0 Å². The normalized spacial score (nSPS) is 10.6. The fourth-order valence-corrected chi connectivity index (χ4v) is 1.89. The lowest BCUT2D eigenvalue weighted by Crippen LogP contribution is -2.06. The third kappa shape index (κ3) is 2.08. The molecule has 0 fully saturated rings. The second-order valence-electron chi connectivity index (χ2n) is 4.07. The smallest absolute Gasteiger partial charge is 0.214 e. The maximum absolute atomic E-state index is 13.5. The fraction of sp³-hybridized carbons (Fsp3) is 0. The van der Waals surface area contributed by atoms with E-state index in [1.807, 2.05) is 24.3 Å². The van der Waals surface area contributed by atoms with Crippen LogP contribution in [0.1, 0.15) is 16.1 Å². The molecule has 0 N–H and O–H groups in total. The number of pyridine rings is 2. The first-order chi connectivity index (χ1) is 9.25. The van der Waals surface area contributed by atoms with E-state index in [0.717, 1.165) is 11.6 Å². The standard InChI is InChI=1S/C15H9FN2O/c16-12-9-17-8-7-11(12)15(19)14-6-5-10-3-1-2-4-13(10)18-14/h1-9H. The Morgan fingerprint density at radius 1 is 1.05 bits per heavy atom. The predicted molar refractivity (Wildman–Crippen MR) is 69.4 cm³/mol. The number of para-hydroxylation sites is 1. The van der Waals surface area contributed by atoms with Crippen LogP contribution in [0.15, 0.2) is 54.9 Å². The van der Waals surface area contributed by atoms with Crippen LogP contribution >= 0.6 is 0 Å². The number of carbonyl (C=O) groups is 1. The number of benzene rings is 1. The molecule has 0 unspecified atom stereocenters. The summed E-state index contributed by atoms with van der Waals surface area (Å²) in [7, 11) is 0. The van der Waals surface area contributed by atoms with Crippen molar-refractivity contribution in [3.63, 3.8) is 0 Å². The zero-order valence-electron chi connectivity index (χ0n) is 9.88. The molecule has 19 heavy (non-hydrogen) atoms. The molecule has 3 rings (SSSR count). The topological polar surface area (TPSA) is 42.9 Å². The Balaban J connectivity index is 2.09. The Bertz CT molecular complexity index is 771. The average Bonchev–Trinajstić information content (AvgIpc) is 2.46. The van der Waals surface area contributed by atoms with Crippen LogP contribution < -0.4 is 0 Å². The first-order valence-electron chi connectivity index (χ1n) is 5.76. The fourth-order valence-electron chi connectivity index (χ4n) is 1.89. The molecule has 0 amide bonds. The summed E-state index contributed by atoms with van der Waals surface area (Å²) in [6, 6.07) is 12.2.